The van der Waals surface area contributed by atoms with Crippen molar-refractivity contribution in [1.82, 2.24) is 9.88 Å². The lowest BCUT2D eigenvalue weighted by atomic mass is 10.1. The number of aromatic nitrogens is 1. The van der Waals surface area contributed by atoms with Gasteiger partial charge in [0.05, 0.1) is 10.2 Å². The molecule has 0 atom stereocenters. The summed E-state index contributed by atoms with van der Waals surface area (Å²) in [6.45, 7) is 5.42. The van der Waals surface area contributed by atoms with Crippen LogP contribution in [0.25, 0.3) is 10.2 Å². The predicted octanol–water partition coefficient (Wildman–Crippen LogP) is 4.31. The summed E-state index contributed by atoms with van der Waals surface area (Å²) < 4.78 is 1.28. The van der Waals surface area contributed by atoms with Crippen molar-refractivity contribution >= 4 is 38.3 Å². The molecule has 3 nitrogen and oxygen atoms in total. The van der Waals surface area contributed by atoms with E-state index in [2.05, 4.69) is 46.2 Å². The van der Waals surface area contributed by atoms with Crippen LogP contribution in [0.4, 0.5) is 5.13 Å². The first-order valence-corrected chi connectivity index (χ1v) is 9.55. The second-order valence-electron chi connectivity index (χ2n) is 6.17. The zero-order valence-electron chi connectivity index (χ0n) is 13.5. The van der Waals surface area contributed by atoms with Gasteiger partial charge in [-0.25, -0.2) is 4.98 Å². The van der Waals surface area contributed by atoms with Crippen LogP contribution in [-0.2, 0) is 6.42 Å². The second-order valence-corrected chi connectivity index (χ2v) is 7.61. The second kappa shape index (κ2) is 7.09. The van der Waals surface area contributed by atoms with E-state index in [1.807, 2.05) is 12.1 Å². The average molecular weight is 358 g/mol. The fraction of sp³-hybridized carbons (Fsp3) is 0.316. The van der Waals surface area contributed by atoms with Gasteiger partial charge in [-0.1, -0.05) is 47.2 Å². The molecule has 1 aliphatic heterocycles. The molecule has 0 saturated carbocycles. The van der Waals surface area contributed by atoms with Crippen molar-refractivity contribution < 1.29 is 0 Å². The van der Waals surface area contributed by atoms with Crippen LogP contribution in [0.15, 0.2) is 48.5 Å². The number of hydrogen-bond donors (Lipinski definition) is 0. The summed E-state index contributed by atoms with van der Waals surface area (Å²) in [6, 6.07) is 16.6. The molecular weight excluding hydrogens is 338 g/mol. The third-order valence-corrected chi connectivity index (χ3v) is 5.90. The van der Waals surface area contributed by atoms with E-state index in [-0.39, 0.29) is 0 Å². The van der Waals surface area contributed by atoms with Crippen molar-refractivity contribution in [3.8, 4) is 0 Å². The summed E-state index contributed by atoms with van der Waals surface area (Å²) in [6.07, 6.45) is 1.08. The molecule has 2 aromatic carbocycles. The van der Waals surface area contributed by atoms with Gasteiger partial charge in [-0.05, 0) is 36.2 Å². The van der Waals surface area contributed by atoms with Crippen molar-refractivity contribution in [1.29, 1.82) is 0 Å². The van der Waals surface area contributed by atoms with Gasteiger partial charge in [-0.2, -0.15) is 0 Å². The third-order valence-electron chi connectivity index (χ3n) is 4.56. The summed E-state index contributed by atoms with van der Waals surface area (Å²) in [5.74, 6) is 0. The Morgan fingerprint density at radius 3 is 2.46 bits per heavy atom. The van der Waals surface area contributed by atoms with E-state index in [0.29, 0.717) is 0 Å². The SMILES string of the molecule is Clc1ccc(CCN2CCN(c3nc4ccccc4s3)CC2)cc1. The number of piperazine rings is 1. The molecule has 0 spiro atoms. The van der Waals surface area contributed by atoms with E-state index in [4.69, 9.17) is 16.6 Å². The van der Waals surface area contributed by atoms with E-state index >= 15 is 0 Å². The number of benzene rings is 2. The molecule has 1 fully saturated rings. The van der Waals surface area contributed by atoms with Gasteiger partial charge in [-0.3, -0.25) is 4.90 Å². The summed E-state index contributed by atoms with van der Waals surface area (Å²) in [4.78, 5) is 9.74. The number of halogens is 1. The molecule has 2 heterocycles. The molecule has 124 valence electrons. The molecule has 0 aliphatic carbocycles. The summed E-state index contributed by atoms with van der Waals surface area (Å²) in [7, 11) is 0. The molecule has 4 rings (SSSR count). The molecular formula is C19H20ClN3S. The third kappa shape index (κ3) is 3.56. The highest BCUT2D eigenvalue weighted by Gasteiger charge is 2.19. The zero-order valence-corrected chi connectivity index (χ0v) is 15.1. The average Bonchev–Trinajstić information content (AvgIpc) is 3.06. The van der Waals surface area contributed by atoms with E-state index in [0.717, 1.165) is 54.8 Å². The Balaban J connectivity index is 1.32. The van der Waals surface area contributed by atoms with Gasteiger partial charge in [0.25, 0.3) is 0 Å². The first kappa shape index (κ1) is 15.9. The highest BCUT2D eigenvalue weighted by atomic mass is 35.5. The van der Waals surface area contributed by atoms with E-state index in [9.17, 15) is 0 Å². The molecule has 5 heteroatoms. The largest absolute Gasteiger partial charge is 0.345 e. The van der Waals surface area contributed by atoms with Gasteiger partial charge in [-0.15, -0.1) is 0 Å². The minimum Gasteiger partial charge on any atom is -0.345 e. The molecule has 1 saturated heterocycles. The Bertz CT molecular complexity index is 774. The van der Waals surface area contributed by atoms with Gasteiger partial charge in [0.1, 0.15) is 0 Å². The van der Waals surface area contributed by atoms with Crippen molar-refractivity contribution in [2.75, 3.05) is 37.6 Å². The maximum atomic E-state index is 5.94. The summed E-state index contributed by atoms with van der Waals surface area (Å²) in [5, 5.41) is 1.97. The highest BCUT2D eigenvalue weighted by Crippen LogP contribution is 2.29. The molecule has 0 radical (unpaired) electrons. The number of fused-ring (bicyclic) bond motifs is 1. The van der Waals surface area contributed by atoms with Crippen LogP contribution in [-0.4, -0.2) is 42.6 Å². The summed E-state index contributed by atoms with van der Waals surface area (Å²) >= 11 is 7.74. The number of nitrogens with zero attached hydrogens (tertiary/aromatic N) is 3. The first-order valence-electron chi connectivity index (χ1n) is 8.35. The number of rotatable bonds is 4. The van der Waals surface area contributed by atoms with Crippen LogP contribution in [0.1, 0.15) is 5.56 Å². The van der Waals surface area contributed by atoms with Crippen molar-refractivity contribution in [2.45, 2.75) is 6.42 Å². The molecule has 1 aliphatic rings. The van der Waals surface area contributed by atoms with Crippen molar-refractivity contribution in [3.05, 3.63) is 59.1 Å². The Labute approximate surface area is 151 Å². The van der Waals surface area contributed by atoms with Gasteiger partial charge >= 0.3 is 0 Å². The zero-order chi connectivity index (χ0) is 16.4. The topological polar surface area (TPSA) is 19.4 Å². The quantitative estimate of drug-likeness (QED) is 0.693. The fourth-order valence-electron chi connectivity index (χ4n) is 3.10. The van der Waals surface area contributed by atoms with Gasteiger partial charge in [0.2, 0.25) is 0 Å². The molecule has 3 aromatic rings. The van der Waals surface area contributed by atoms with Crippen LogP contribution in [0, 0.1) is 0 Å². The Morgan fingerprint density at radius 2 is 1.71 bits per heavy atom. The molecule has 1 aromatic heterocycles. The smallest absolute Gasteiger partial charge is 0.186 e. The van der Waals surface area contributed by atoms with E-state index in [1.165, 1.54) is 10.3 Å². The normalized spacial score (nSPS) is 16.0. The molecule has 0 bridgehead atoms. The number of anilines is 1. The number of hydrogen-bond acceptors (Lipinski definition) is 4. The van der Waals surface area contributed by atoms with Crippen LogP contribution >= 0.6 is 22.9 Å². The minimum atomic E-state index is 0.809. The number of thiazole rings is 1. The standard InChI is InChI=1S/C19H20ClN3S/c20-16-7-5-15(6-8-16)9-10-22-11-13-23(14-12-22)19-21-17-3-1-2-4-18(17)24-19/h1-8H,9-14H2. The van der Waals surface area contributed by atoms with Gasteiger partial charge in [0.15, 0.2) is 5.13 Å². The lowest BCUT2D eigenvalue weighted by Crippen LogP contribution is -2.46. The van der Waals surface area contributed by atoms with Crippen LogP contribution in [0.3, 0.4) is 0 Å². The molecule has 0 N–H and O–H groups in total. The lowest BCUT2D eigenvalue weighted by Gasteiger charge is -2.34. The molecule has 0 amide bonds. The van der Waals surface area contributed by atoms with Crippen LogP contribution < -0.4 is 4.90 Å². The monoisotopic (exact) mass is 357 g/mol. The molecule has 24 heavy (non-hydrogen) atoms. The Kier molecular flexibility index (Phi) is 4.69. The maximum absolute atomic E-state index is 5.94. The summed E-state index contributed by atoms with van der Waals surface area (Å²) in [5.41, 5.74) is 2.47. The van der Waals surface area contributed by atoms with E-state index in [1.54, 1.807) is 11.3 Å². The van der Waals surface area contributed by atoms with Crippen molar-refractivity contribution in [2.24, 2.45) is 0 Å². The predicted molar refractivity (Wildman–Crippen MR) is 103 cm³/mol. The minimum absolute atomic E-state index is 0.809. The molecule has 0 unspecified atom stereocenters. The first-order chi connectivity index (χ1) is 11.8. The highest BCUT2D eigenvalue weighted by molar-refractivity contribution is 7.22. The Hall–Kier alpha value is -1.62. The van der Waals surface area contributed by atoms with Crippen LogP contribution in [0.2, 0.25) is 5.02 Å². The van der Waals surface area contributed by atoms with Gasteiger partial charge < -0.3 is 4.90 Å². The van der Waals surface area contributed by atoms with E-state index < -0.39 is 0 Å². The fourth-order valence-corrected chi connectivity index (χ4v) is 4.24. The van der Waals surface area contributed by atoms with Crippen molar-refractivity contribution in [3.63, 3.8) is 0 Å². The number of para-hydroxylation sites is 1. The lowest BCUT2D eigenvalue weighted by molar-refractivity contribution is 0.261. The Morgan fingerprint density at radius 1 is 0.958 bits per heavy atom. The van der Waals surface area contributed by atoms with Gasteiger partial charge in [0, 0.05) is 37.7 Å². The van der Waals surface area contributed by atoms with Crippen LogP contribution in [0.5, 0.6) is 0 Å². The maximum Gasteiger partial charge on any atom is 0.186 e.